The molecule has 1 aromatic heterocycles. The summed E-state index contributed by atoms with van der Waals surface area (Å²) in [4.78, 5) is 24.0. The third-order valence-electron chi connectivity index (χ3n) is 1.74. The molecule has 0 radical (unpaired) electrons. The lowest BCUT2D eigenvalue weighted by Gasteiger charge is -1.94. The average molecular weight is 221 g/mol. The summed E-state index contributed by atoms with van der Waals surface area (Å²) < 4.78 is 0. The molecule has 0 aliphatic rings. The predicted molar refractivity (Wildman–Crippen MR) is 58.6 cm³/mol. The van der Waals surface area contributed by atoms with Gasteiger partial charge in [0.1, 0.15) is 6.20 Å². The normalized spacial score (nSPS) is 10.3. The van der Waals surface area contributed by atoms with E-state index < -0.39 is 4.92 Å². The van der Waals surface area contributed by atoms with Crippen LogP contribution in [0.3, 0.4) is 0 Å². The van der Waals surface area contributed by atoms with E-state index >= 15 is 0 Å². The summed E-state index contributed by atoms with van der Waals surface area (Å²) in [6, 6.07) is 2.92. The smallest absolute Gasteiger partial charge is 0.358 e. The van der Waals surface area contributed by atoms with E-state index in [9.17, 15) is 14.9 Å². The molecule has 0 aliphatic carbocycles. The highest BCUT2D eigenvalue weighted by atomic mass is 16.6. The Morgan fingerprint density at radius 2 is 2.38 bits per heavy atom. The maximum absolute atomic E-state index is 10.5. The number of nitro groups is 1. The first-order valence-electron chi connectivity index (χ1n) is 4.61. The Morgan fingerprint density at radius 1 is 1.62 bits per heavy atom. The first kappa shape index (κ1) is 11.8. The van der Waals surface area contributed by atoms with Crippen molar-refractivity contribution in [3.05, 3.63) is 40.1 Å². The maximum atomic E-state index is 10.5. The van der Waals surface area contributed by atoms with Crippen LogP contribution in [0.15, 0.2) is 24.4 Å². The molecular weight excluding hydrogens is 210 g/mol. The van der Waals surface area contributed by atoms with Crippen LogP contribution < -0.4 is 5.32 Å². The fourth-order valence-corrected chi connectivity index (χ4v) is 1.00. The first-order valence-corrected chi connectivity index (χ1v) is 4.61. The van der Waals surface area contributed by atoms with E-state index in [1.807, 2.05) is 0 Å². The molecule has 0 aromatic carbocycles. The van der Waals surface area contributed by atoms with Crippen LogP contribution in [0.25, 0.3) is 6.08 Å². The predicted octanol–water partition coefficient (Wildman–Crippen LogP) is 1.14. The molecule has 1 rings (SSSR count). The van der Waals surface area contributed by atoms with Gasteiger partial charge in [-0.15, -0.1) is 0 Å². The molecular formula is C10H11N3O3. The van der Waals surface area contributed by atoms with E-state index in [2.05, 4.69) is 10.3 Å². The summed E-state index contributed by atoms with van der Waals surface area (Å²) in [5.74, 6) is -0.287. The number of aromatic nitrogens is 1. The molecule has 16 heavy (non-hydrogen) atoms. The monoisotopic (exact) mass is 221 g/mol. The van der Waals surface area contributed by atoms with Crippen molar-refractivity contribution in [2.45, 2.75) is 6.92 Å². The van der Waals surface area contributed by atoms with Gasteiger partial charge in [-0.3, -0.25) is 4.79 Å². The minimum atomic E-state index is -0.551. The highest BCUT2D eigenvalue weighted by molar-refractivity contribution is 5.73. The topological polar surface area (TPSA) is 85.1 Å². The van der Waals surface area contributed by atoms with Gasteiger partial charge in [0.15, 0.2) is 0 Å². The number of pyridine rings is 1. The molecule has 0 saturated carbocycles. The van der Waals surface area contributed by atoms with Gasteiger partial charge in [0.25, 0.3) is 0 Å². The standard InChI is InChI=1S/C10H11N3O3/c1-8(14)11-6-2-3-9-4-5-10(12-7-9)13(15)16/h2-5,7H,6H2,1H3,(H,11,14). The number of amides is 1. The number of hydrogen-bond donors (Lipinski definition) is 1. The molecule has 1 heterocycles. The van der Waals surface area contributed by atoms with E-state index in [1.54, 1.807) is 18.2 Å². The van der Waals surface area contributed by atoms with Crippen LogP contribution in [-0.2, 0) is 4.79 Å². The molecule has 84 valence electrons. The molecule has 0 aliphatic heterocycles. The Morgan fingerprint density at radius 3 is 2.88 bits per heavy atom. The number of carbonyl (C=O) groups excluding carboxylic acids is 1. The van der Waals surface area contributed by atoms with Crippen molar-refractivity contribution in [1.29, 1.82) is 0 Å². The Labute approximate surface area is 92.2 Å². The molecule has 1 amide bonds. The molecule has 0 saturated heterocycles. The van der Waals surface area contributed by atoms with E-state index in [4.69, 9.17) is 0 Å². The van der Waals surface area contributed by atoms with Crippen LogP contribution in [0.2, 0.25) is 0 Å². The number of nitrogens with zero attached hydrogens (tertiary/aromatic N) is 2. The van der Waals surface area contributed by atoms with Gasteiger partial charge in [-0.05, 0) is 16.0 Å². The highest BCUT2D eigenvalue weighted by Gasteiger charge is 2.03. The molecule has 6 heteroatoms. The van der Waals surface area contributed by atoms with Gasteiger partial charge >= 0.3 is 5.82 Å². The van der Waals surface area contributed by atoms with Crippen molar-refractivity contribution in [2.75, 3.05) is 6.54 Å². The first-order chi connectivity index (χ1) is 7.59. The van der Waals surface area contributed by atoms with Gasteiger partial charge in [0.05, 0.1) is 0 Å². The lowest BCUT2D eigenvalue weighted by Crippen LogP contribution is -2.19. The average Bonchev–Trinajstić information content (AvgIpc) is 2.25. The van der Waals surface area contributed by atoms with E-state index in [-0.39, 0.29) is 11.7 Å². The maximum Gasteiger partial charge on any atom is 0.363 e. The van der Waals surface area contributed by atoms with Crippen LogP contribution in [0.4, 0.5) is 5.82 Å². The Kier molecular flexibility index (Phi) is 4.14. The van der Waals surface area contributed by atoms with Crippen molar-refractivity contribution >= 4 is 17.8 Å². The number of carbonyl (C=O) groups is 1. The van der Waals surface area contributed by atoms with Gasteiger partial charge < -0.3 is 15.4 Å². The van der Waals surface area contributed by atoms with Crippen LogP contribution >= 0.6 is 0 Å². The zero-order valence-electron chi connectivity index (χ0n) is 8.71. The fraction of sp³-hybridized carbons (Fsp3) is 0.200. The van der Waals surface area contributed by atoms with Crippen LogP contribution in [0.1, 0.15) is 12.5 Å². The van der Waals surface area contributed by atoms with E-state index in [1.165, 1.54) is 19.2 Å². The summed E-state index contributed by atoms with van der Waals surface area (Å²) in [6.45, 7) is 1.85. The lowest BCUT2D eigenvalue weighted by atomic mass is 10.2. The summed E-state index contributed by atoms with van der Waals surface area (Å²) in [5, 5.41) is 12.9. The number of rotatable bonds is 4. The second-order valence-corrected chi connectivity index (χ2v) is 3.05. The zero-order chi connectivity index (χ0) is 12.0. The van der Waals surface area contributed by atoms with Crippen molar-refractivity contribution in [2.24, 2.45) is 0 Å². The van der Waals surface area contributed by atoms with Crippen molar-refractivity contribution in [3.63, 3.8) is 0 Å². The quantitative estimate of drug-likeness (QED) is 0.610. The number of hydrogen-bond acceptors (Lipinski definition) is 4. The lowest BCUT2D eigenvalue weighted by molar-refractivity contribution is -0.389. The van der Waals surface area contributed by atoms with Gasteiger partial charge in [-0.2, -0.15) is 0 Å². The largest absolute Gasteiger partial charge is 0.363 e. The van der Waals surface area contributed by atoms with E-state index in [0.717, 1.165) is 5.56 Å². The van der Waals surface area contributed by atoms with E-state index in [0.29, 0.717) is 6.54 Å². The molecule has 1 aromatic rings. The van der Waals surface area contributed by atoms with Crippen molar-refractivity contribution in [3.8, 4) is 0 Å². The molecule has 0 bridgehead atoms. The van der Waals surface area contributed by atoms with Crippen LogP contribution in [0.5, 0.6) is 0 Å². The third kappa shape index (κ3) is 3.87. The highest BCUT2D eigenvalue weighted by Crippen LogP contribution is 2.08. The Bertz CT molecular complexity index is 412. The van der Waals surface area contributed by atoms with Crippen molar-refractivity contribution in [1.82, 2.24) is 10.3 Å². The molecule has 0 fully saturated rings. The van der Waals surface area contributed by atoms with Crippen LogP contribution in [0, 0.1) is 10.1 Å². The Balaban J connectivity index is 2.55. The Hall–Kier alpha value is -2.24. The summed E-state index contributed by atoms with van der Waals surface area (Å²) in [5.41, 5.74) is 0.746. The van der Waals surface area contributed by atoms with Gasteiger partial charge in [-0.25, -0.2) is 0 Å². The van der Waals surface area contributed by atoms with Crippen molar-refractivity contribution < 1.29 is 9.72 Å². The van der Waals surface area contributed by atoms with Gasteiger partial charge in [-0.1, -0.05) is 12.2 Å². The molecule has 1 N–H and O–H groups in total. The summed E-state index contributed by atoms with van der Waals surface area (Å²) in [7, 11) is 0. The third-order valence-corrected chi connectivity index (χ3v) is 1.74. The summed E-state index contributed by atoms with van der Waals surface area (Å²) >= 11 is 0. The minimum Gasteiger partial charge on any atom is -0.358 e. The van der Waals surface area contributed by atoms with Gasteiger partial charge in [0, 0.05) is 25.1 Å². The second kappa shape index (κ2) is 5.59. The summed E-state index contributed by atoms with van der Waals surface area (Å²) in [6.07, 6.45) is 4.87. The molecule has 0 spiro atoms. The SMILES string of the molecule is CC(=O)NCC=Cc1ccc([N+](=O)[O-])nc1. The number of nitrogens with one attached hydrogen (secondary N) is 1. The second-order valence-electron chi connectivity index (χ2n) is 3.05. The van der Waals surface area contributed by atoms with Gasteiger partial charge in [0.2, 0.25) is 5.91 Å². The minimum absolute atomic E-state index is 0.105. The zero-order valence-corrected chi connectivity index (χ0v) is 8.71. The van der Waals surface area contributed by atoms with Crippen LogP contribution in [-0.4, -0.2) is 22.4 Å². The molecule has 0 unspecified atom stereocenters. The molecule has 6 nitrogen and oxygen atoms in total. The molecule has 0 atom stereocenters. The fourth-order valence-electron chi connectivity index (χ4n) is 1.00.